The molecule has 3 aromatic heterocycles. The Morgan fingerprint density at radius 3 is 2.48 bits per heavy atom. The van der Waals surface area contributed by atoms with E-state index in [9.17, 15) is 9.59 Å². The first-order valence-corrected chi connectivity index (χ1v) is 15.3. The third-order valence-electron chi connectivity index (χ3n) is 8.10. The number of aryl methyl sites for hydroxylation is 1. The highest BCUT2D eigenvalue weighted by Crippen LogP contribution is 2.34. The van der Waals surface area contributed by atoms with Gasteiger partial charge in [-0.15, -0.1) is 11.3 Å². The number of anilines is 1. The Kier molecular flexibility index (Phi) is 7.48. The van der Waals surface area contributed by atoms with Gasteiger partial charge in [-0.3, -0.25) is 19.1 Å². The smallest absolute Gasteiger partial charge is 0.242 e. The van der Waals surface area contributed by atoms with Gasteiger partial charge in [0, 0.05) is 50.7 Å². The van der Waals surface area contributed by atoms with Crippen LogP contribution in [0.5, 0.6) is 0 Å². The van der Waals surface area contributed by atoms with E-state index >= 15 is 0 Å². The quantitative estimate of drug-likeness (QED) is 0.331. The Morgan fingerprint density at radius 2 is 1.69 bits per heavy atom. The molecule has 2 amide bonds. The Balaban J connectivity index is 1.13. The van der Waals surface area contributed by atoms with E-state index in [0.717, 1.165) is 50.9 Å². The molecular formula is C29H34N8O4S. The Hall–Kier alpha value is -3.65. The van der Waals surface area contributed by atoms with E-state index in [4.69, 9.17) is 24.4 Å². The lowest BCUT2D eigenvalue weighted by Gasteiger charge is -2.35. The standard InChI is InChI=1S/C29H34N8O4S/c1-20-30-22-4-2-3-5-24(22)37(20)29-31-23-16-21(42-27(23)28(32-29)35-10-14-41-15-11-35)17-33-6-7-36(25(38)18-33)19-26(39)34-8-12-40-13-9-34/h2-5,16H,6-15,17-19H2,1H3. The summed E-state index contributed by atoms with van der Waals surface area (Å²) in [7, 11) is 0. The van der Waals surface area contributed by atoms with Crippen LogP contribution in [0.2, 0.25) is 0 Å². The predicted octanol–water partition coefficient (Wildman–Crippen LogP) is 1.68. The highest BCUT2D eigenvalue weighted by atomic mass is 32.1. The van der Waals surface area contributed by atoms with Crippen molar-refractivity contribution in [2.45, 2.75) is 13.5 Å². The summed E-state index contributed by atoms with van der Waals surface area (Å²) < 4.78 is 14.0. The number of para-hydroxylation sites is 2. The second kappa shape index (κ2) is 11.6. The van der Waals surface area contributed by atoms with Crippen LogP contribution in [0.15, 0.2) is 30.3 Å². The number of piperazine rings is 1. The second-order valence-corrected chi connectivity index (χ2v) is 12.0. The maximum absolute atomic E-state index is 13.0. The maximum atomic E-state index is 13.0. The Morgan fingerprint density at radius 1 is 0.929 bits per heavy atom. The number of morpholine rings is 2. The number of benzene rings is 1. The lowest BCUT2D eigenvalue weighted by Crippen LogP contribution is -2.54. The number of carbonyl (C=O) groups is 2. The summed E-state index contributed by atoms with van der Waals surface area (Å²) >= 11 is 1.68. The first kappa shape index (κ1) is 27.2. The van der Waals surface area contributed by atoms with Crippen LogP contribution in [0.25, 0.3) is 27.2 Å². The van der Waals surface area contributed by atoms with E-state index < -0.39 is 0 Å². The van der Waals surface area contributed by atoms with Crippen LogP contribution in [0.3, 0.4) is 0 Å². The molecule has 0 bridgehead atoms. The van der Waals surface area contributed by atoms with Crippen molar-refractivity contribution in [3.63, 3.8) is 0 Å². The van der Waals surface area contributed by atoms with Gasteiger partial charge >= 0.3 is 0 Å². The third-order valence-corrected chi connectivity index (χ3v) is 9.20. The van der Waals surface area contributed by atoms with Crippen molar-refractivity contribution in [2.24, 2.45) is 0 Å². The number of fused-ring (bicyclic) bond motifs is 2. The molecule has 6 heterocycles. The molecule has 0 unspecified atom stereocenters. The van der Waals surface area contributed by atoms with Crippen LogP contribution in [-0.2, 0) is 25.6 Å². The number of aromatic nitrogens is 4. The van der Waals surface area contributed by atoms with Crippen molar-refractivity contribution >= 4 is 50.2 Å². The molecule has 0 atom stereocenters. The number of ether oxygens (including phenoxy) is 2. The molecule has 42 heavy (non-hydrogen) atoms. The summed E-state index contributed by atoms with van der Waals surface area (Å²) in [5.41, 5.74) is 2.77. The average molecular weight is 591 g/mol. The van der Waals surface area contributed by atoms with E-state index in [1.165, 1.54) is 0 Å². The van der Waals surface area contributed by atoms with Crippen molar-refractivity contribution < 1.29 is 19.1 Å². The molecule has 220 valence electrons. The zero-order valence-electron chi connectivity index (χ0n) is 23.7. The molecule has 3 aliphatic rings. The topological polar surface area (TPSA) is 109 Å². The minimum atomic E-state index is -0.0116. The number of amides is 2. The van der Waals surface area contributed by atoms with Crippen LogP contribution < -0.4 is 4.90 Å². The van der Waals surface area contributed by atoms with E-state index in [0.29, 0.717) is 65.1 Å². The molecule has 0 saturated carbocycles. The molecule has 0 spiro atoms. The fourth-order valence-corrected chi connectivity index (χ4v) is 7.03. The van der Waals surface area contributed by atoms with Gasteiger partial charge in [0.15, 0.2) is 5.82 Å². The molecule has 1 aromatic carbocycles. The molecule has 7 rings (SSSR count). The van der Waals surface area contributed by atoms with E-state index in [2.05, 4.69) is 15.9 Å². The summed E-state index contributed by atoms with van der Waals surface area (Å²) in [5, 5.41) is 0. The van der Waals surface area contributed by atoms with Gasteiger partial charge in [0.25, 0.3) is 0 Å². The van der Waals surface area contributed by atoms with Gasteiger partial charge in [-0.05, 0) is 25.1 Å². The number of rotatable bonds is 6. The van der Waals surface area contributed by atoms with Gasteiger partial charge in [0.2, 0.25) is 17.8 Å². The zero-order chi connectivity index (χ0) is 28.6. The van der Waals surface area contributed by atoms with Crippen molar-refractivity contribution in [1.29, 1.82) is 0 Å². The monoisotopic (exact) mass is 590 g/mol. The molecule has 0 aliphatic carbocycles. The van der Waals surface area contributed by atoms with Crippen LogP contribution in [-0.4, -0.2) is 125 Å². The summed E-state index contributed by atoms with van der Waals surface area (Å²) in [6.45, 7) is 9.44. The van der Waals surface area contributed by atoms with Gasteiger partial charge in [-0.1, -0.05) is 12.1 Å². The average Bonchev–Trinajstić information content (AvgIpc) is 3.58. The first-order chi connectivity index (χ1) is 20.5. The van der Waals surface area contributed by atoms with Crippen molar-refractivity contribution in [2.75, 3.05) is 83.7 Å². The molecule has 4 aromatic rings. The van der Waals surface area contributed by atoms with Crippen LogP contribution in [0, 0.1) is 6.92 Å². The van der Waals surface area contributed by atoms with Crippen LogP contribution in [0.4, 0.5) is 5.82 Å². The van der Waals surface area contributed by atoms with Crippen molar-refractivity contribution in [3.05, 3.63) is 41.0 Å². The first-order valence-electron chi connectivity index (χ1n) is 14.5. The van der Waals surface area contributed by atoms with Gasteiger partial charge in [0.1, 0.15) is 5.82 Å². The number of thiophene rings is 1. The van der Waals surface area contributed by atoms with Crippen molar-refractivity contribution in [1.82, 2.24) is 34.2 Å². The highest BCUT2D eigenvalue weighted by molar-refractivity contribution is 7.19. The summed E-state index contributed by atoms with van der Waals surface area (Å²) in [4.78, 5) is 49.6. The minimum Gasteiger partial charge on any atom is -0.378 e. The highest BCUT2D eigenvalue weighted by Gasteiger charge is 2.29. The number of imidazole rings is 1. The van der Waals surface area contributed by atoms with Crippen LogP contribution >= 0.6 is 11.3 Å². The third kappa shape index (κ3) is 5.33. The SMILES string of the molecule is Cc1nc2ccccc2n1-c1nc(N2CCOCC2)c2sc(CN3CCN(CC(=O)N4CCOCC4)C(=O)C3)cc2n1. The van der Waals surface area contributed by atoms with Gasteiger partial charge in [0.05, 0.1) is 60.8 Å². The molecule has 13 heteroatoms. The zero-order valence-corrected chi connectivity index (χ0v) is 24.5. The number of hydrogen-bond acceptors (Lipinski definition) is 10. The maximum Gasteiger partial charge on any atom is 0.242 e. The number of nitrogens with zero attached hydrogens (tertiary/aromatic N) is 8. The normalized spacial score (nSPS) is 18.9. The van der Waals surface area contributed by atoms with Gasteiger partial charge < -0.3 is 24.2 Å². The van der Waals surface area contributed by atoms with Gasteiger partial charge in [-0.25, -0.2) is 9.97 Å². The molecule has 3 aliphatic heterocycles. The van der Waals surface area contributed by atoms with E-state index in [-0.39, 0.29) is 24.9 Å². The van der Waals surface area contributed by atoms with Crippen LogP contribution in [0.1, 0.15) is 10.7 Å². The summed E-state index contributed by atoms with van der Waals surface area (Å²) in [6.07, 6.45) is 0. The summed E-state index contributed by atoms with van der Waals surface area (Å²) in [6, 6.07) is 10.2. The lowest BCUT2D eigenvalue weighted by atomic mass is 10.2. The molecule has 0 radical (unpaired) electrons. The van der Waals surface area contributed by atoms with Crippen molar-refractivity contribution in [3.8, 4) is 5.95 Å². The van der Waals surface area contributed by atoms with E-state index in [1.54, 1.807) is 21.1 Å². The van der Waals surface area contributed by atoms with E-state index in [1.807, 2.05) is 35.8 Å². The minimum absolute atomic E-state index is 0.00413. The fourth-order valence-electron chi connectivity index (χ4n) is 5.87. The predicted molar refractivity (Wildman–Crippen MR) is 159 cm³/mol. The van der Waals surface area contributed by atoms with Gasteiger partial charge in [-0.2, -0.15) is 4.98 Å². The molecular weight excluding hydrogens is 556 g/mol. The molecule has 12 nitrogen and oxygen atoms in total. The molecule has 3 fully saturated rings. The lowest BCUT2D eigenvalue weighted by molar-refractivity contribution is -0.145. The number of carbonyl (C=O) groups excluding carboxylic acids is 2. The molecule has 3 saturated heterocycles. The number of hydrogen-bond donors (Lipinski definition) is 0. The largest absolute Gasteiger partial charge is 0.378 e. The fraction of sp³-hybridized carbons (Fsp3) is 0.483. The second-order valence-electron chi connectivity index (χ2n) is 10.9. The molecule has 0 N–H and O–H groups in total. The Labute approximate surface area is 247 Å². The summed E-state index contributed by atoms with van der Waals surface area (Å²) in [5.74, 6) is 2.34. The Bertz CT molecular complexity index is 1620.